The van der Waals surface area contributed by atoms with E-state index in [1.54, 1.807) is 6.26 Å². The number of nitrogens with zero attached hydrogens (tertiary/aromatic N) is 2. The molecular formula is C21H14N2O2S2. The van der Waals surface area contributed by atoms with Gasteiger partial charge in [0.1, 0.15) is 4.88 Å². The molecule has 0 bridgehead atoms. The lowest BCUT2D eigenvalue weighted by molar-refractivity contribution is 0.104. The van der Waals surface area contributed by atoms with E-state index in [-0.39, 0.29) is 5.78 Å². The lowest BCUT2D eigenvalue weighted by Crippen LogP contribution is -1.97. The molecule has 27 heavy (non-hydrogen) atoms. The third kappa shape index (κ3) is 2.65. The number of para-hydroxylation sites is 1. The zero-order chi connectivity index (χ0) is 18.4. The highest BCUT2D eigenvalue weighted by molar-refractivity contribution is 7.19. The number of rotatable bonds is 4. The molecule has 1 aromatic carbocycles. The second-order valence-electron chi connectivity index (χ2n) is 6.15. The number of benzene rings is 1. The zero-order valence-corrected chi connectivity index (χ0v) is 16.0. The highest BCUT2D eigenvalue weighted by Gasteiger charge is 2.25. The Morgan fingerprint density at radius 2 is 2.00 bits per heavy atom. The monoisotopic (exact) mass is 390 g/mol. The van der Waals surface area contributed by atoms with Crippen LogP contribution in [0.3, 0.4) is 0 Å². The van der Waals surface area contributed by atoms with Gasteiger partial charge in [-0.15, -0.1) is 22.7 Å². The predicted molar refractivity (Wildman–Crippen MR) is 109 cm³/mol. The molecule has 4 aromatic heterocycles. The van der Waals surface area contributed by atoms with Crippen molar-refractivity contribution in [2.24, 2.45) is 7.05 Å². The van der Waals surface area contributed by atoms with Crippen molar-refractivity contribution >= 4 is 39.4 Å². The Balaban J connectivity index is 1.76. The van der Waals surface area contributed by atoms with Gasteiger partial charge in [0.2, 0.25) is 5.78 Å². The maximum atomic E-state index is 13.2. The molecule has 4 heterocycles. The molecular weight excluding hydrogens is 376 g/mol. The second-order valence-corrected chi connectivity index (χ2v) is 8.10. The number of carbonyl (C=O) groups is 1. The quantitative estimate of drug-likeness (QED) is 0.361. The smallest absolute Gasteiger partial charge is 0.215 e. The summed E-state index contributed by atoms with van der Waals surface area (Å²) in [5.41, 5.74) is 2.78. The van der Waals surface area contributed by atoms with Crippen molar-refractivity contribution in [1.82, 2.24) is 9.55 Å². The van der Waals surface area contributed by atoms with Crippen molar-refractivity contribution in [3.63, 3.8) is 0 Å². The minimum atomic E-state index is 0.00300. The van der Waals surface area contributed by atoms with Gasteiger partial charge in [0, 0.05) is 29.7 Å². The number of fused-ring (bicyclic) bond motifs is 1. The maximum Gasteiger partial charge on any atom is 0.215 e. The highest BCUT2D eigenvalue weighted by Crippen LogP contribution is 2.39. The molecule has 0 N–H and O–H groups in total. The topological polar surface area (TPSA) is 48.0 Å². The molecule has 0 atom stereocenters. The first-order chi connectivity index (χ1) is 13.2. The van der Waals surface area contributed by atoms with Crippen LogP contribution in [-0.2, 0) is 7.05 Å². The normalized spacial score (nSPS) is 11.3. The fraction of sp³-hybridized carbons (Fsp3) is 0.0476. The number of hydrogen-bond acceptors (Lipinski definition) is 5. The average molecular weight is 390 g/mol. The van der Waals surface area contributed by atoms with Crippen LogP contribution in [0.15, 0.2) is 70.8 Å². The molecule has 4 nitrogen and oxygen atoms in total. The average Bonchev–Trinajstić information content (AvgIpc) is 3.46. The van der Waals surface area contributed by atoms with Crippen LogP contribution < -0.4 is 0 Å². The van der Waals surface area contributed by atoms with E-state index in [4.69, 9.17) is 9.40 Å². The van der Waals surface area contributed by atoms with Gasteiger partial charge in [0.25, 0.3) is 0 Å². The summed E-state index contributed by atoms with van der Waals surface area (Å²) in [5, 5.41) is 3.71. The van der Waals surface area contributed by atoms with Crippen molar-refractivity contribution in [2.45, 2.75) is 0 Å². The van der Waals surface area contributed by atoms with Gasteiger partial charge in [-0.1, -0.05) is 24.3 Å². The van der Waals surface area contributed by atoms with Crippen LogP contribution in [0.5, 0.6) is 0 Å². The fourth-order valence-corrected chi connectivity index (χ4v) is 4.95. The molecule has 0 saturated heterocycles. The number of carbonyl (C=O) groups excluding carboxylic acids is 1. The molecule has 0 fully saturated rings. The summed E-state index contributed by atoms with van der Waals surface area (Å²) >= 11 is 2.83. The number of thiophene rings is 1. The van der Waals surface area contributed by atoms with Gasteiger partial charge in [0.05, 0.1) is 16.8 Å². The van der Waals surface area contributed by atoms with E-state index in [1.807, 2.05) is 55.0 Å². The summed E-state index contributed by atoms with van der Waals surface area (Å²) in [6.07, 6.45) is 3.66. The molecule has 0 spiro atoms. The second kappa shape index (κ2) is 6.33. The molecule has 0 aliphatic rings. The first-order valence-electron chi connectivity index (χ1n) is 8.39. The zero-order valence-electron chi connectivity index (χ0n) is 14.4. The number of furan rings is 1. The predicted octanol–water partition coefficient (Wildman–Crippen LogP) is 5.85. The molecule has 0 amide bonds. The van der Waals surface area contributed by atoms with Gasteiger partial charge < -0.3 is 8.98 Å². The first kappa shape index (κ1) is 16.2. The van der Waals surface area contributed by atoms with Crippen LogP contribution >= 0.6 is 22.7 Å². The fourth-order valence-electron chi connectivity index (χ4n) is 3.21. The van der Waals surface area contributed by atoms with Gasteiger partial charge in [-0.3, -0.25) is 4.79 Å². The van der Waals surface area contributed by atoms with Crippen LogP contribution in [-0.4, -0.2) is 15.3 Å². The molecule has 0 aliphatic carbocycles. The van der Waals surface area contributed by atoms with Crippen LogP contribution in [0.1, 0.15) is 14.5 Å². The summed E-state index contributed by atoms with van der Waals surface area (Å²) in [7, 11) is 2.01. The summed E-state index contributed by atoms with van der Waals surface area (Å²) in [6, 6.07) is 15.6. The summed E-state index contributed by atoms with van der Waals surface area (Å²) < 4.78 is 7.59. The van der Waals surface area contributed by atoms with E-state index >= 15 is 0 Å². The molecule has 5 aromatic rings. The molecule has 0 unspecified atom stereocenters. The summed E-state index contributed by atoms with van der Waals surface area (Å²) in [4.78, 5) is 19.3. The lowest BCUT2D eigenvalue weighted by atomic mass is 10.1. The number of ketones is 1. The number of thiazole rings is 1. The Hall–Kier alpha value is -2.96. The summed E-state index contributed by atoms with van der Waals surface area (Å²) in [5.74, 6) is 0.676. The summed E-state index contributed by atoms with van der Waals surface area (Å²) in [6.45, 7) is 0. The first-order valence-corrected chi connectivity index (χ1v) is 10.1. The van der Waals surface area contributed by atoms with Crippen LogP contribution in [0.25, 0.3) is 32.9 Å². The van der Waals surface area contributed by atoms with Crippen LogP contribution in [0.4, 0.5) is 0 Å². The van der Waals surface area contributed by atoms with E-state index < -0.39 is 0 Å². The van der Waals surface area contributed by atoms with Gasteiger partial charge in [-0.05, 0) is 29.6 Å². The van der Waals surface area contributed by atoms with E-state index in [0.29, 0.717) is 26.2 Å². The van der Waals surface area contributed by atoms with Gasteiger partial charge >= 0.3 is 0 Å². The molecule has 0 radical (unpaired) electrons. The Morgan fingerprint density at radius 3 is 2.78 bits per heavy atom. The minimum Gasteiger partial charge on any atom is -0.462 e. The van der Waals surface area contributed by atoms with Crippen molar-refractivity contribution in [2.75, 3.05) is 0 Å². The molecule has 6 heteroatoms. The minimum absolute atomic E-state index is 0.00300. The van der Waals surface area contributed by atoms with Crippen LogP contribution in [0.2, 0.25) is 0 Å². The standard InChI is InChI=1S/C21H14N2O2S2/c1-23-12-14(13-6-2-3-7-15(13)23)18-20(19(24)17-9-5-11-26-17)27-21(22-18)16-8-4-10-25-16/h2-12H,1H3. The Kier molecular flexibility index (Phi) is 3.81. The third-order valence-corrected chi connectivity index (χ3v) is 6.40. The number of hydrogen-bond donors (Lipinski definition) is 0. The Bertz CT molecular complexity index is 1250. The van der Waals surface area contributed by atoms with Crippen LogP contribution in [0, 0.1) is 0 Å². The lowest BCUT2D eigenvalue weighted by Gasteiger charge is -1.99. The largest absolute Gasteiger partial charge is 0.462 e. The van der Waals surface area contributed by atoms with Crippen molar-refractivity contribution < 1.29 is 9.21 Å². The van der Waals surface area contributed by atoms with Gasteiger partial charge in [0.15, 0.2) is 10.8 Å². The van der Waals surface area contributed by atoms with Crippen molar-refractivity contribution in [3.05, 3.63) is 76.1 Å². The Morgan fingerprint density at radius 1 is 1.11 bits per heavy atom. The van der Waals surface area contributed by atoms with E-state index in [9.17, 15) is 4.79 Å². The third-order valence-electron chi connectivity index (χ3n) is 4.46. The van der Waals surface area contributed by atoms with E-state index in [0.717, 1.165) is 16.5 Å². The molecule has 132 valence electrons. The molecule has 0 saturated carbocycles. The van der Waals surface area contributed by atoms with Crippen molar-refractivity contribution in [3.8, 4) is 22.0 Å². The highest BCUT2D eigenvalue weighted by atomic mass is 32.1. The van der Waals surface area contributed by atoms with Gasteiger partial charge in [-0.25, -0.2) is 4.98 Å². The van der Waals surface area contributed by atoms with Crippen molar-refractivity contribution in [1.29, 1.82) is 0 Å². The van der Waals surface area contributed by atoms with E-state index in [1.165, 1.54) is 22.7 Å². The number of aromatic nitrogens is 2. The van der Waals surface area contributed by atoms with Gasteiger partial charge in [-0.2, -0.15) is 0 Å². The molecule has 5 rings (SSSR count). The molecule has 0 aliphatic heterocycles. The maximum absolute atomic E-state index is 13.2. The SMILES string of the molecule is Cn1cc(-c2nc(-c3ccco3)sc2C(=O)c2cccs2)c2ccccc21. The number of aryl methyl sites for hydroxylation is 1. The Labute approximate surface area is 163 Å². The van der Waals surface area contributed by atoms with E-state index in [2.05, 4.69) is 16.7 Å².